The number of hydrogen-bond acceptors (Lipinski definition) is 3. The van der Waals surface area contributed by atoms with Crippen molar-refractivity contribution in [2.45, 2.75) is 27.2 Å². The monoisotopic (exact) mass is 240 g/mol. The minimum Gasteiger partial charge on any atom is -0.445 e. The molecule has 3 N–H and O–H groups in total. The van der Waals surface area contributed by atoms with Gasteiger partial charge in [0.2, 0.25) is 0 Å². The first-order valence-corrected chi connectivity index (χ1v) is 5.29. The summed E-state index contributed by atoms with van der Waals surface area (Å²) in [6.07, 6.45) is 3.65. The lowest BCUT2D eigenvalue weighted by Gasteiger charge is -2.19. The van der Waals surface area contributed by atoms with Crippen molar-refractivity contribution in [1.29, 1.82) is 0 Å². The van der Waals surface area contributed by atoms with E-state index >= 15 is 0 Å². The molecule has 0 spiro atoms. The number of urea groups is 1. The van der Waals surface area contributed by atoms with Crippen molar-refractivity contribution >= 4 is 12.1 Å². The average Bonchev–Trinajstić information content (AvgIpc) is 2.15. The molecule has 0 heterocycles. The van der Waals surface area contributed by atoms with E-state index in [9.17, 15) is 9.59 Å². The van der Waals surface area contributed by atoms with E-state index in [0.717, 1.165) is 12.0 Å². The number of carbonyl (C=O) groups excluding carboxylic acids is 2. The lowest BCUT2D eigenvalue weighted by molar-refractivity contribution is 0.159. The van der Waals surface area contributed by atoms with Crippen LogP contribution in [0.15, 0.2) is 24.3 Å². The second kappa shape index (κ2) is 6.73. The SMILES string of the molecule is C=CC(C)(C)C/C(C)=C/COC(=O)NC(N)=O. The minimum absolute atomic E-state index is 0.00999. The lowest BCUT2D eigenvalue weighted by Crippen LogP contribution is -2.35. The van der Waals surface area contributed by atoms with Crippen molar-refractivity contribution in [2.75, 3.05) is 6.61 Å². The molecule has 0 bridgehead atoms. The van der Waals surface area contributed by atoms with Crippen molar-refractivity contribution in [1.82, 2.24) is 5.32 Å². The number of hydrogen-bond donors (Lipinski definition) is 2. The number of nitrogens with two attached hydrogens (primary N) is 1. The van der Waals surface area contributed by atoms with E-state index < -0.39 is 12.1 Å². The summed E-state index contributed by atoms with van der Waals surface area (Å²) in [7, 11) is 0. The van der Waals surface area contributed by atoms with Gasteiger partial charge in [-0.15, -0.1) is 6.58 Å². The van der Waals surface area contributed by atoms with E-state index in [1.54, 1.807) is 6.08 Å². The van der Waals surface area contributed by atoms with Gasteiger partial charge in [-0.2, -0.15) is 0 Å². The number of ether oxygens (including phenoxy) is 1. The number of rotatable bonds is 5. The van der Waals surface area contributed by atoms with Crippen LogP contribution in [0.3, 0.4) is 0 Å². The fourth-order valence-corrected chi connectivity index (χ4v) is 1.26. The molecule has 0 saturated carbocycles. The Morgan fingerprint density at radius 3 is 2.53 bits per heavy atom. The Morgan fingerprint density at radius 1 is 1.47 bits per heavy atom. The number of primary amides is 1. The minimum atomic E-state index is -0.927. The fourth-order valence-electron chi connectivity index (χ4n) is 1.26. The first-order chi connectivity index (χ1) is 7.76. The maximum absolute atomic E-state index is 10.9. The molecule has 0 aromatic heterocycles. The third-order valence-electron chi connectivity index (χ3n) is 2.16. The van der Waals surface area contributed by atoms with Gasteiger partial charge in [-0.25, -0.2) is 14.9 Å². The van der Waals surface area contributed by atoms with Crippen LogP contribution in [0.2, 0.25) is 0 Å². The molecule has 0 rings (SSSR count). The van der Waals surface area contributed by atoms with Crippen molar-refractivity contribution in [2.24, 2.45) is 11.1 Å². The highest BCUT2D eigenvalue weighted by molar-refractivity contribution is 5.89. The zero-order valence-corrected chi connectivity index (χ0v) is 10.6. The molecule has 0 unspecified atom stereocenters. The van der Waals surface area contributed by atoms with Crippen molar-refractivity contribution in [3.8, 4) is 0 Å². The highest BCUT2D eigenvalue weighted by atomic mass is 16.5. The van der Waals surface area contributed by atoms with Crippen LogP contribution in [0.25, 0.3) is 0 Å². The maximum atomic E-state index is 10.9. The van der Waals surface area contributed by atoms with Crippen LogP contribution in [0.5, 0.6) is 0 Å². The van der Waals surface area contributed by atoms with Crippen LogP contribution in [-0.2, 0) is 4.74 Å². The first-order valence-electron chi connectivity index (χ1n) is 5.29. The Morgan fingerprint density at radius 2 is 2.06 bits per heavy atom. The zero-order valence-electron chi connectivity index (χ0n) is 10.6. The number of amides is 3. The molecule has 96 valence electrons. The maximum Gasteiger partial charge on any atom is 0.415 e. The average molecular weight is 240 g/mol. The topological polar surface area (TPSA) is 81.4 Å². The standard InChI is InChI=1S/C12H20N2O3/c1-5-12(3,4)8-9(2)6-7-17-11(16)14-10(13)15/h5-6H,1,7-8H2,2-4H3,(H3,13,14,15,16)/b9-6+. The molecule has 3 amide bonds. The number of carbonyl (C=O) groups is 2. The molecule has 0 aliphatic rings. The Bertz CT molecular complexity index is 333. The van der Waals surface area contributed by atoms with E-state index in [1.807, 2.05) is 18.3 Å². The van der Waals surface area contributed by atoms with Crippen LogP contribution in [-0.4, -0.2) is 18.7 Å². The van der Waals surface area contributed by atoms with E-state index in [0.29, 0.717) is 0 Å². The molecule has 0 aromatic carbocycles. The Hall–Kier alpha value is -1.78. The van der Waals surface area contributed by atoms with Gasteiger partial charge in [-0.3, -0.25) is 0 Å². The summed E-state index contributed by atoms with van der Waals surface area (Å²) in [6.45, 7) is 9.94. The number of nitrogens with one attached hydrogen (secondary N) is 1. The normalized spacial score (nSPS) is 11.8. The van der Waals surface area contributed by atoms with E-state index in [1.165, 1.54) is 0 Å². The summed E-state index contributed by atoms with van der Waals surface area (Å²) in [5.74, 6) is 0. The molecule has 0 fully saturated rings. The van der Waals surface area contributed by atoms with Crippen molar-refractivity contribution in [3.63, 3.8) is 0 Å². The Kier molecular flexibility index (Phi) is 6.02. The summed E-state index contributed by atoms with van der Waals surface area (Å²) in [6, 6.07) is -0.927. The van der Waals surface area contributed by atoms with Crippen LogP contribution in [0, 0.1) is 5.41 Å². The summed E-state index contributed by atoms with van der Waals surface area (Å²) in [4.78, 5) is 21.2. The summed E-state index contributed by atoms with van der Waals surface area (Å²) < 4.78 is 4.72. The van der Waals surface area contributed by atoms with Gasteiger partial charge in [-0.05, 0) is 24.8 Å². The van der Waals surface area contributed by atoms with Gasteiger partial charge in [0.05, 0.1) is 0 Å². The Labute approximate surface area is 102 Å². The predicted molar refractivity (Wildman–Crippen MR) is 66.4 cm³/mol. The quantitative estimate of drug-likeness (QED) is 0.724. The van der Waals surface area contributed by atoms with Crippen LogP contribution in [0.1, 0.15) is 27.2 Å². The molecule has 17 heavy (non-hydrogen) atoms. The molecule has 0 aliphatic heterocycles. The molecule has 0 radical (unpaired) electrons. The molecular formula is C12H20N2O3. The van der Waals surface area contributed by atoms with Crippen LogP contribution < -0.4 is 11.1 Å². The predicted octanol–water partition coefficient (Wildman–Crippen LogP) is 2.34. The van der Waals surface area contributed by atoms with E-state index in [-0.39, 0.29) is 12.0 Å². The van der Waals surface area contributed by atoms with E-state index in [2.05, 4.69) is 20.4 Å². The summed E-state index contributed by atoms with van der Waals surface area (Å²) in [5.41, 5.74) is 5.84. The number of allylic oxidation sites excluding steroid dienone is 2. The number of alkyl carbamates (subject to hydrolysis) is 1. The molecule has 5 nitrogen and oxygen atoms in total. The molecule has 0 saturated heterocycles. The van der Waals surface area contributed by atoms with Crippen LogP contribution in [0.4, 0.5) is 9.59 Å². The second-order valence-corrected chi connectivity index (χ2v) is 4.51. The van der Waals surface area contributed by atoms with Gasteiger partial charge < -0.3 is 10.5 Å². The smallest absolute Gasteiger partial charge is 0.415 e. The number of imide groups is 1. The van der Waals surface area contributed by atoms with Crippen LogP contribution >= 0.6 is 0 Å². The Balaban J connectivity index is 4.04. The highest BCUT2D eigenvalue weighted by Crippen LogP contribution is 2.25. The third-order valence-corrected chi connectivity index (χ3v) is 2.16. The molecular weight excluding hydrogens is 220 g/mol. The van der Waals surface area contributed by atoms with Crippen molar-refractivity contribution < 1.29 is 14.3 Å². The lowest BCUT2D eigenvalue weighted by atomic mass is 9.86. The van der Waals surface area contributed by atoms with Crippen molar-refractivity contribution in [3.05, 3.63) is 24.3 Å². The van der Waals surface area contributed by atoms with E-state index in [4.69, 9.17) is 10.5 Å². The molecule has 0 aromatic rings. The summed E-state index contributed by atoms with van der Waals surface area (Å²) in [5, 5.41) is 1.81. The fraction of sp³-hybridized carbons (Fsp3) is 0.500. The summed E-state index contributed by atoms with van der Waals surface area (Å²) >= 11 is 0. The highest BCUT2D eigenvalue weighted by Gasteiger charge is 2.13. The molecule has 0 aliphatic carbocycles. The van der Waals surface area contributed by atoms with Gasteiger partial charge >= 0.3 is 12.1 Å². The van der Waals surface area contributed by atoms with Gasteiger partial charge in [0.25, 0.3) is 0 Å². The van der Waals surface area contributed by atoms with Gasteiger partial charge in [0.15, 0.2) is 0 Å². The molecule has 5 heteroatoms. The van der Waals surface area contributed by atoms with Gasteiger partial charge in [-0.1, -0.05) is 25.5 Å². The third kappa shape index (κ3) is 8.07. The largest absolute Gasteiger partial charge is 0.445 e. The van der Waals surface area contributed by atoms with Gasteiger partial charge in [0.1, 0.15) is 6.61 Å². The first kappa shape index (κ1) is 15.2. The second-order valence-electron chi connectivity index (χ2n) is 4.51. The zero-order chi connectivity index (χ0) is 13.5. The van der Waals surface area contributed by atoms with Gasteiger partial charge in [0, 0.05) is 0 Å². The molecule has 0 atom stereocenters.